The maximum Gasteiger partial charge on any atom is 0.122 e. The predicted octanol–water partition coefficient (Wildman–Crippen LogP) is 5.63. The second-order valence-electron chi connectivity index (χ2n) is 7.13. The molecule has 4 rings (SSSR count). The fraction of sp³-hybridized carbons (Fsp3) is 0.143. The monoisotopic (exact) mass is 412 g/mol. The quantitative estimate of drug-likeness (QED) is 0.413. The van der Waals surface area contributed by atoms with Gasteiger partial charge in [0.25, 0.3) is 0 Å². The molecule has 3 nitrogen and oxygen atoms in total. The van der Waals surface area contributed by atoms with Crippen molar-refractivity contribution in [3.63, 3.8) is 0 Å². The van der Waals surface area contributed by atoms with Crippen molar-refractivity contribution in [2.45, 2.75) is 12.8 Å². The van der Waals surface area contributed by atoms with Crippen molar-refractivity contribution in [3.8, 4) is 11.5 Å². The predicted molar refractivity (Wildman–Crippen MR) is 126 cm³/mol. The Labute approximate surface area is 184 Å². The number of aromatic hydroxyl groups is 1. The number of phenols is 1. The molecule has 3 heteroatoms. The van der Waals surface area contributed by atoms with Crippen molar-refractivity contribution in [1.29, 1.82) is 0 Å². The van der Waals surface area contributed by atoms with Crippen LogP contribution in [0.4, 0.5) is 0 Å². The molecule has 158 valence electrons. The Kier molecular flexibility index (Phi) is 8.72. The van der Waals surface area contributed by atoms with E-state index in [0.29, 0.717) is 12.4 Å². The number of rotatable bonds is 7. The molecule has 0 radical (unpaired) electrons. The normalized spacial score (nSPS) is 10.1. The highest BCUT2D eigenvalue weighted by Gasteiger charge is 2.03. The average molecular weight is 413 g/mol. The van der Waals surface area contributed by atoms with Crippen LogP contribution in [-0.2, 0) is 12.8 Å². The molecule has 0 aliphatic rings. The summed E-state index contributed by atoms with van der Waals surface area (Å²) >= 11 is 0. The Morgan fingerprint density at radius 1 is 0.548 bits per heavy atom. The van der Waals surface area contributed by atoms with Gasteiger partial charge < -0.3 is 14.9 Å². The molecule has 0 unspecified atom stereocenters. The van der Waals surface area contributed by atoms with Gasteiger partial charge in [-0.3, -0.25) is 0 Å². The third kappa shape index (κ3) is 7.32. The molecule has 0 bridgehead atoms. The lowest BCUT2D eigenvalue weighted by molar-refractivity contribution is 0.200. The molecule has 0 saturated heterocycles. The molecule has 0 atom stereocenters. The van der Waals surface area contributed by atoms with E-state index in [1.54, 1.807) is 6.07 Å². The fourth-order valence-electron chi connectivity index (χ4n) is 3.24. The number of phenolic OH excluding ortho intramolecular Hbond substituents is 1. The van der Waals surface area contributed by atoms with Crippen LogP contribution in [0.2, 0.25) is 0 Å². The minimum absolute atomic E-state index is 0.0413. The van der Waals surface area contributed by atoms with Crippen LogP contribution in [-0.4, -0.2) is 23.4 Å². The largest absolute Gasteiger partial charge is 0.508 e. The van der Waals surface area contributed by atoms with Crippen molar-refractivity contribution in [2.24, 2.45) is 0 Å². The first-order valence-electron chi connectivity index (χ1n) is 10.4. The minimum atomic E-state index is 0.0413. The van der Waals surface area contributed by atoms with Gasteiger partial charge in [0.15, 0.2) is 0 Å². The number of aliphatic hydroxyl groups is 1. The third-order valence-corrected chi connectivity index (χ3v) is 4.79. The van der Waals surface area contributed by atoms with Crippen LogP contribution in [0.1, 0.15) is 22.3 Å². The van der Waals surface area contributed by atoms with Crippen molar-refractivity contribution < 1.29 is 14.9 Å². The van der Waals surface area contributed by atoms with E-state index < -0.39 is 0 Å². The highest BCUT2D eigenvalue weighted by atomic mass is 16.5. The molecule has 0 aromatic heterocycles. The molecule has 0 aliphatic carbocycles. The molecule has 4 aromatic rings. The van der Waals surface area contributed by atoms with E-state index in [0.717, 1.165) is 29.7 Å². The number of hydrogen-bond donors (Lipinski definition) is 2. The lowest BCUT2D eigenvalue weighted by Gasteiger charge is -2.10. The van der Waals surface area contributed by atoms with Gasteiger partial charge in [-0.15, -0.1) is 0 Å². The van der Waals surface area contributed by atoms with E-state index >= 15 is 0 Å². The van der Waals surface area contributed by atoms with Crippen molar-refractivity contribution in [2.75, 3.05) is 13.2 Å². The summed E-state index contributed by atoms with van der Waals surface area (Å²) in [5.74, 6) is 1.22. The van der Waals surface area contributed by atoms with Crippen LogP contribution in [0.5, 0.6) is 11.5 Å². The van der Waals surface area contributed by atoms with Crippen molar-refractivity contribution >= 4 is 0 Å². The molecule has 31 heavy (non-hydrogen) atoms. The zero-order valence-corrected chi connectivity index (χ0v) is 17.5. The fourth-order valence-corrected chi connectivity index (χ4v) is 3.24. The Balaban J connectivity index is 0.000000179. The molecule has 4 aromatic carbocycles. The van der Waals surface area contributed by atoms with Crippen LogP contribution in [0, 0.1) is 0 Å². The van der Waals surface area contributed by atoms with Gasteiger partial charge in [-0.25, -0.2) is 0 Å². The van der Waals surface area contributed by atoms with E-state index in [1.807, 2.05) is 72.8 Å². The van der Waals surface area contributed by atoms with E-state index in [9.17, 15) is 5.11 Å². The van der Waals surface area contributed by atoms with Crippen molar-refractivity contribution in [1.82, 2.24) is 0 Å². The van der Waals surface area contributed by atoms with Gasteiger partial charge in [-0.1, -0.05) is 97.1 Å². The topological polar surface area (TPSA) is 49.7 Å². The highest BCUT2D eigenvalue weighted by Crippen LogP contribution is 2.21. The van der Waals surface area contributed by atoms with Gasteiger partial charge >= 0.3 is 0 Å². The molecule has 2 N–H and O–H groups in total. The first-order valence-corrected chi connectivity index (χ1v) is 10.4. The molecule has 0 heterocycles. The molecule has 0 spiro atoms. The Morgan fingerprint density at radius 2 is 1.03 bits per heavy atom. The van der Waals surface area contributed by atoms with Gasteiger partial charge in [-0.05, 0) is 34.4 Å². The minimum Gasteiger partial charge on any atom is -0.508 e. The van der Waals surface area contributed by atoms with Crippen LogP contribution >= 0.6 is 0 Å². The zero-order valence-electron chi connectivity index (χ0n) is 17.5. The highest BCUT2D eigenvalue weighted by molar-refractivity contribution is 5.38. The molecular weight excluding hydrogens is 384 g/mol. The lowest BCUT2D eigenvalue weighted by Crippen LogP contribution is -2.04. The van der Waals surface area contributed by atoms with Crippen LogP contribution in [0.3, 0.4) is 0 Å². The summed E-state index contributed by atoms with van der Waals surface area (Å²) in [5, 5.41) is 18.4. The first kappa shape index (κ1) is 22.1. The van der Waals surface area contributed by atoms with Gasteiger partial charge in [0.1, 0.15) is 18.1 Å². The Bertz CT molecular complexity index is 1030. The number of ether oxygens (including phenoxy) is 1. The maximum atomic E-state index is 9.57. The van der Waals surface area contributed by atoms with Crippen LogP contribution < -0.4 is 4.74 Å². The Morgan fingerprint density at radius 3 is 1.61 bits per heavy atom. The summed E-state index contributed by atoms with van der Waals surface area (Å²) in [6.07, 6.45) is 1.63. The summed E-state index contributed by atoms with van der Waals surface area (Å²) < 4.78 is 5.51. The summed E-state index contributed by atoms with van der Waals surface area (Å²) in [6.45, 7) is 0.380. The molecule has 0 amide bonds. The van der Waals surface area contributed by atoms with Gasteiger partial charge in [-0.2, -0.15) is 0 Å². The summed E-state index contributed by atoms with van der Waals surface area (Å²) in [7, 11) is 0. The second-order valence-corrected chi connectivity index (χ2v) is 7.13. The van der Waals surface area contributed by atoms with Crippen LogP contribution in [0.25, 0.3) is 0 Å². The third-order valence-electron chi connectivity index (χ3n) is 4.79. The van der Waals surface area contributed by atoms with Crippen LogP contribution in [0.15, 0.2) is 109 Å². The lowest BCUT2D eigenvalue weighted by atomic mass is 10.0. The molecule has 0 aliphatic heterocycles. The number of benzene rings is 4. The average Bonchev–Trinajstić information content (AvgIpc) is 2.82. The smallest absolute Gasteiger partial charge is 0.122 e. The zero-order chi connectivity index (χ0) is 21.7. The number of aliphatic hydroxyl groups excluding tert-OH is 1. The second kappa shape index (κ2) is 12.2. The van der Waals surface area contributed by atoms with Gasteiger partial charge in [0.05, 0.1) is 6.61 Å². The van der Waals surface area contributed by atoms with E-state index in [2.05, 4.69) is 30.3 Å². The maximum absolute atomic E-state index is 9.57. The van der Waals surface area contributed by atoms with Gasteiger partial charge in [0, 0.05) is 12.8 Å². The summed E-state index contributed by atoms with van der Waals surface area (Å²) in [4.78, 5) is 0. The molecular formula is C28H28O3. The number of hydrogen-bond acceptors (Lipinski definition) is 3. The summed E-state index contributed by atoms with van der Waals surface area (Å²) in [6, 6.07) is 35.8. The SMILES string of the molecule is OCCOc1ccccc1Cc1ccccc1.Oc1ccccc1Cc1ccccc1. The summed E-state index contributed by atoms with van der Waals surface area (Å²) in [5.41, 5.74) is 4.59. The van der Waals surface area contributed by atoms with E-state index in [-0.39, 0.29) is 6.61 Å². The van der Waals surface area contributed by atoms with E-state index in [1.165, 1.54) is 11.1 Å². The molecule has 0 saturated carbocycles. The number of para-hydroxylation sites is 2. The first-order chi connectivity index (χ1) is 15.3. The van der Waals surface area contributed by atoms with Crippen molar-refractivity contribution in [3.05, 3.63) is 131 Å². The van der Waals surface area contributed by atoms with E-state index in [4.69, 9.17) is 9.84 Å². The molecule has 0 fully saturated rings. The standard InChI is InChI=1S/C15H16O2.C13H12O/c16-10-11-17-15-9-5-4-8-14(15)12-13-6-2-1-3-7-13;14-13-9-5-4-8-12(13)10-11-6-2-1-3-7-11/h1-9,16H,10-12H2;1-9,14H,10H2. The Hall–Kier alpha value is -3.56. The van der Waals surface area contributed by atoms with Gasteiger partial charge in [0.2, 0.25) is 0 Å².